The number of benzene rings is 1. The van der Waals surface area contributed by atoms with Crippen molar-refractivity contribution in [3.05, 3.63) is 29.3 Å². The molecular weight excluding hydrogens is 408 g/mol. The number of rotatable bonds is 8. The molecule has 2 saturated heterocycles. The van der Waals surface area contributed by atoms with E-state index in [0.29, 0.717) is 0 Å². The molecule has 0 radical (unpaired) electrons. The van der Waals surface area contributed by atoms with Gasteiger partial charge in [-0.3, -0.25) is 14.6 Å². The number of carbonyl (C=O) groups is 2. The van der Waals surface area contributed by atoms with Crippen molar-refractivity contribution < 1.29 is 22.7 Å². The Morgan fingerprint density at radius 2 is 1.80 bits per heavy atom. The minimum absolute atomic E-state index is 0.103. The summed E-state index contributed by atoms with van der Waals surface area (Å²) in [5.74, 6) is 0.400. The van der Waals surface area contributed by atoms with Crippen molar-refractivity contribution in [2.45, 2.75) is 25.9 Å². The zero-order valence-electron chi connectivity index (χ0n) is 17.8. The number of hydrogen-bond acceptors (Lipinski definition) is 7. The van der Waals surface area contributed by atoms with Crippen LogP contribution in [0.25, 0.3) is 0 Å². The van der Waals surface area contributed by atoms with E-state index in [2.05, 4.69) is 28.1 Å². The summed E-state index contributed by atoms with van der Waals surface area (Å²) in [4.78, 5) is 30.3. The number of urea groups is 1. The lowest BCUT2D eigenvalue weighted by Crippen LogP contribution is -2.51. The highest BCUT2D eigenvalue weighted by molar-refractivity contribution is 7.90. The summed E-state index contributed by atoms with van der Waals surface area (Å²) >= 11 is 0. The molecule has 9 nitrogen and oxygen atoms in total. The van der Waals surface area contributed by atoms with Gasteiger partial charge in [-0.1, -0.05) is 17.7 Å². The number of nitrogens with zero attached hydrogens (tertiary/aromatic N) is 3. The fourth-order valence-electron chi connectivity index (χ4n) is 3.80. The third-order valence-corrected chi connectivity index (χ3v) is 6.50. The zero-order chi connectivity index (χ0) is 21.9. The molecule has 2 fully saturated rings. The molecule has 3 rings (SSSR count). The third-order valence-electron chi connectivity index (χ3n) is 5.52. The third kappa shape index (κ3) is 5.71. The molecule has 1 atom stereocenters. The number of aryl methyl sites for hydroxylation is 1. The van der Waals surface area contributed by atoms with Gasteiger partial charge < -0.3 is 10.1 Å². The Kier molecular flexibility index (Phi) is 6.99. The number of methoxy groups -OCH3 is 1. The second kappa shape index (κ2) is 9.32. The summed E-state index contributed by atoms with van der Waals surface area (Å²) in [6, 6.07) is 4.93. The maximum absolute atomic E-state index is 12.5. The quantitative estimate of drug-likeness (QED) is 0.588. The molecule has 0 aliphatic carbocycles. The summed E-state index contributed by atoms with van der Waals surface area (Å²) in [5, 5.41) is 2.60. The molecule has 2 heterocycles. The number of imide groups is 1. The van der Waals surface area contributed by atoms with E-state index in [1.165, 1.54) is 10.5 Å². The molecule has 0 aromatic heterocycles. The maximum Gasteiger partial charge on any atom is 0.325 e. The molecule has 3 amide bonds. The monoisotopic (exact) mass is 438 g/mol. The number of hydrogen-bond donors (Lipinski definition) is 1. The van der Waals surface area contributed by atoms with Crippen molar-refractivity contribution in [1.29, 1.82) is 0 Å². The highest BCUT2D eigenvalue weighted by Crippen LogP contribution is 2.22. The van der Waals surface area contributed by atoms with Crippen LogP contribution in [-0.4, -0.2) is 93.1 Å². The standard InChI is InChI=1S/C20H30N4O5S/c1-15-4-5-18(29-2)16(12-15)13-22-7-9-23(10-8-22)14-24-19(25)17(21-20(24)26)6-11-30(3,27)28/h4-5,12,17H,6-11,13-14H2,1-3H3,(H,21,26)/t17-/m1/s1. The second-order valence-electron chi connectivity index (χ2n) is 8.04. The first kappa shape index (κ1) is 22.5. The van der Waals surface area contributed by atoms with Crippen LogP contribution in [0, 0.1) is 6.92 Å². The Bertz CT molecular complexity index is 896. The Morgan fingerprint density at radius 1 is 1.13 bits per heavy atom. The Balaban J connectivity index is 1.50. The molecule has 0 bridgehead atoms. The van der Waals surface area contributed by atoms with E-state index >= 15 is 0 Å². The van der Waals surface area contributed by atoms with Crippen LogP contribution in [-0.2, 0) is 21.2 Å². The Morgan fingerprint density at radius 3 is 2.43 bits per heavy atom. The largest absolute Gasteiger partial charge is 0.496 e. The average molecular weight is 439 g/mol. The highest BCUT2D eigenvalue weighted by Gasteiger charge is 2.39. The maximum atomic E-state index is 12.5. The summed E-state index contributed by atoms with van der Waals surface area (Å²) < 4.78 is 28.1. The fourth-order valence-corrected chi connectivity index (χ4v) is 4.46. The molecule has 0 unspecified atom stereocenters. The molecule has 166 valence electrons. The molecule has 30 heavy (non-hydrogen) atoms. The van der Waals surface area contributed by atoms with Crippen LogP contribution in [0.1, 0.15) is 17.5 Å². The minimum atomic E-state index is -3.18. The lowest BCUT2D eigenvalue weighted by molar-refractivity contribution is -0.129. The van der Waals surface area contributed by atoms with Crippen molar-refractivity contribution in [3.63, 3.8) is 0 Å². The first-order valence-corrected chi connectivity index (χ1v) is 12.1. The molecule has 0 saturated carbocycles. The molecule has 1 aromatic rings. The van der Waals surface area contributed by atoms with E-state index in [0.717, 1.165) is 50.3 Å². The lowest BCUT2D eigenvalue weighted by Gasteiger charge is -2.36. The van der Waals surface area contributed by atoms with Gasteiger partial charge in [-0.15, -0.1) is 0 Å². The number of ether oxygens (including phenoxy) is 1. The summed E-state index contributed by atoms with van der Waals surface area (Å²) in [7, 11) is -1.51. The van der Waals surface area contributed by atoms with Crippen molar-refractivity contribution in [2.75, 3.05) is 52.0 Å². The lowest BCUT2D eigenvalue weighted by atomic mass is 10.1. The molecule has 1 aromatic carbocycles. The molecule has 1 N–H and O–H groups in total. The van der Waals surface area contributed by atoms with Gasteiger partial charge in [0.1, 0.15) is 21.6 Å². The van der Waals surface area contributed by atoms with Gasteiger partial charge in [0.15, 0.2) is 0 Å². The van der Waals surface area contributed by atoms with E-state index < -0.39 is 21.9 Å². The number of carbonyl (C=O) groups excluding carboxylic acids is 2. The van der Waals surface area contributed by atoms with E-state index in [4.69, 9.17) is 4.74 Å². The van der Waals surface area contributed by atoms with Gasteiger partial charge in [0.2, 0.25) is 0 Å². The van der Waals surface area contributed by atoms with Crippen molar-refractivity contribution in [1.82, 2.24) is 20.0 Å². The van der Waals surface area contributed by atoms with Gasteiger partial charge in [-0.05, 0) is 19.4 Å². The van der Waals surface area contributed by atoms with E-state index in [-0.39, 0.29) is 24.7 Å². The van der Waals surface area contributed by atoms with Gasteiger partial charge in [-0.2, -0.15) is 0 Å². The molecule has 0 spiro atoms. The Labute approximate surface area is 177 Å². The number of piperazine rings is 1. The van der Waals surface area contributed by atoms with Gasteiger partial charge in [0.05, 0.1) is 19.5 Å². The van der Waals surface area contributed by atoms with Gasteiger partial charge in [-0.25, -0.2) is 18.1 Å². The van der Waals surface area contributed by atoms with E-state index in [1.807, 2.05) is 12.1 Å². The predicted octanol–water partition coefficient (Wildman–Crippen LogP) is 0.434. The van der Waals surface area contributed by atoms with Crippen LogP contribution in [0.2, 0.25) is 0 Å². The van der Waals surface area contributed by atoms with Crippen molar-refractivity contribution in [2.24, 2.45) is 0 Å². The summed E-state index contributed by atoms with van der Waals surface area (Å²) in [6.07, 6.45) is 1.23. The van der Waals surface area contributed by atoms with Crippen molar-refractivity contribution >= 4 is 21.8 Å². The predicted molar refractivity (Wildman–Crippen MR) is 113 cm³/mol. The number of sulfone groups is 1. The van der Waals surface area contributed by atoms with Crippen LogP contribution in [0.4, 0.5) is 4.79 Å². The molecule has 2 aliphatic rings. The molecule has 10 heteroatoms. The smallest absolute Gasteiger partial charge is 0.325 e. The molecule has 2 aliphatic heterocycles. The summed E-state index contributed by atoms with van der Waals surface area (Å²) in [6.45, 7) is 6.17. The highest BCUT2D eigenvalue weighted by atomic mass is 32.2. The van der Waals surface area contributed by atoms with Gasteiger partial charge >= 0.3 is 6.03 Å². The average Bonchev–Trinajstić information content (AvgIpc) is 2.95. The Hall–Kier alpha value is -2.17. The second-order valence-corrected chi connectivity index (χ2v) is 10.3. The normalized spacial score (nSPS) is 21.2. The van der Waals surface area contributed by atoms with Crippen molar-refractivity contribution in [3.8, 4) is 5.75 Å². The van der Waals surface area contributed by atoms with Gasteiger partial charge in [0.25, 0.3) is 5.91 Å². The summed E-state index contributed by atoms with van der Waals surface area (Å²) in [5.41, 5.74) is 2.34. The van der Waals surface area contributed by atoms with Crippen LogP contribution in [0.15, 0.2) is 18.2 Å². The van der Waals surface area contributed by atoms with Crippen LogP contribution in [0.5, 0.6) is 5.75 Å². The number of amides is 3. The first-order chi connectivity index (χ1) is 14.2. The molecular formula is C20H30N4O5S. The van der Waals surface area contributed by atoms with Crippen LogP contribution >= 0.6 is 0 Å². The number of nitrogens with one attached hydrogen (secondary N) is 1. The van der Waals surface area contributed by atoms with E-state index in [1.54, 1.807) is 7.11 Å². The first-order valence-electron chi connectivity index (χ1n) is 10.0. The SMILES string of the molecule is COc1ccc(C)cc1CN1CCN(CN2C(=O)N[C@H](CCS(C)(=O)=O)C2=O)CC1. The van der Waals surface area contributed by atoms with Gasteiger partial charge in [0, 0.05) is 44.5 Å². The van der Waals surface area contributed by atoms with E-state index in [9.17, 15) is 18.0 Å². The minimum Gasteiger partial charge on any atom is -0.496 e. The zero-order valence-corrected chi connectivity index (χ0v) is 18.6. The van der Waals surface area contributed by atoms with Crippen LogP contribution in [0.3, 0.4) is 0 Å². The van der Waals surface area contributed by atoms with Crippen LogP contribution < -0.4 is 10.1 Å². The fraction of sp³-hybridized carbons (Fsp3) is 0.600. The topological polar surface area (TPSA) is 99.3 Å².